The first-order chi connectivity index (χ1) is 5.83. The Balaban J connectivity index is 2.82. The van der Waals surface area contributed by atoms with Crippen LogP contribution in [-0.2, 0) is 9.09 Å². The molecule has 5 heteroatoms. The van der Waals surface area contributed by atoms with Crippen LogP contribution in [0.1, 0.15) is 13.8 Å². The minimum atomic E-state index is -4.45. The Morgan fingerprint density at radius 3 is 2.69 bits per heavy atom. The maximum Gasteiger partial charge on any atom is 0.461 e. The average molecular weight is 225 g/mol. The van der Waals surface area contributed by atoms with Gasteiger partial charge in [0.25, 0.3) is 0 Å². The standard InChI is InChI=1S/C8H11ClFO2P/c1-7-5-3-4-6-8(7,2)12-13(9,10)11/h3-7H,1-2H3. The molecular formula is C8H11ClFO2P. The number of hydrogen-bond donors (Lipinski definition) is 0. The largest absolute Gasteiger partial charge is 0.461 e. The molecule has 0 N–H and O–H groups in total. The van der Waals surface area contributed by atoms with E-state index in [1.54, 1.807) is 19.1 Å². The highest BCUT2D eigenvalue weighted by Gasteiger charge is 2.36. The van der Waals surface area contributed by atoms with Crippen LogP contribution in [0.5, 0.6) is 0 Å². The highest BCUT2D eigenvalue weighted by molar-refractivity contribution is 7.81. The van der Waals surface area contributed by atoms with Crippen LogP contribution >= 0.6 is 18.3 Å². The number of hydrogen-bond acceptors (Lipinski definition) is 2. The third-order valence-electron chi connectivity index (χ3n) is 2.15. The Morgan fingerprint density at radius 1 is 1.62 bits per heavy atom. The molecule has 0 aromatic rings. The first kappa shape index (κ1) is 11.0. The lowest BCUT2D eigenvalue weighted by atomic mass is 9.87. The van der Waals surface area contributed by atoms with E-state index < -0.39 is 12.6 Å². The van der Waals surface area contributed by atoms with Crippen LogP contribution in [0.15, 0.2) is 24.3 Å². The van der Waals surface area contributed by atoms with Gasteiger partial charge in [-0.3, -0.25) is 4.52 Å². The summed E-state index contributed by atoms with van der Waals surface area (Å²) in [6, 6.07) is 0. The second kappa shape index (κ2) is 3.56. The van der Waals surface area contributed by atoms with Gasteiger partial charge < -0.3 is 0 Å². The van der Waals surface area contributed by atoms with Crippen molar-refractivity contribution in [2.24, 2.45) is 5.92 Å². The maximum absolute atomic E-state index is 12.6. The molecule has 0 aromatic heterocycles. The molecule has 0 aliphatic heterocycles. The molecular weight excluding hydrogens is 214 g/mol. The van der Waals surface area contributed by atoms with Crippen LogP contribution in [0.2, 0.25) is 0 Å². The van der Waals surface area contributed by atoms with Crippen molar-refractivity contribution in [3.05, 3.63) is 24.3 Å². The quantitative estimate of drug-likeness (QED) is 0.666. The van der Waals surface area contributed by atoms with Crippen LogP contribution in [-0.4, -0.2) is 5.60 Å². The summed E-state index contributed by atoms with van der Waals surface area (Å²) in [6.45, 7) is 3.48. The van der Waals surface area contributed by atoms with Gasteiger partial charge in [-0.05, 0) is 6.92 Å². The molecule has 1 aliphatic carbocycles. The fraction of sp³-hybridized carbons (Fsp3) is 0.500. The van der Waals surface area contributed by atoms with Crippen LogP contribution in [0.4, 0.5) is 4.20 Å². The Hall–Kier alpha value is -0.110. The topological polar surface area (TPSA) is 26.3 Å². The van der Waals surface area contributed by atoms with Crippen molar-refractivity contribution >= 4 is 18.3 Å². The molecule has 0 amide bonds. The molecule has 0 radical (unpaired) electrons. The van der Waals surface area contributed by atoms with Gasteiger partial charge in [0.15, 0.2) is 0 Å². The molecule has 3 unspecified atom stereocenters. The van der Waals surface area contributed by atoms with E-state index in [0.29, 0.717) is 0 Å². The van der Waals surface area contributed by atoms with Gasteiger partial charge in [0.05, 0.1) is 0 Å². The molecule has 1 aliphatic rings. The normalized spacial score (nSPS) is 37.4. The molecule has 13 heavy (non-hydrogen) atoms. The summed E-state index contributed by atoms with van der Waals surface area (Å²) in [5.41, 5.74) is -0.916. The molecule has 0 saturated heterocycles. The van der Waals surface area contributed by atoms with Gasteiger partial charge >= 0.3 is 7.03 Å². The zero-order chi connectivity index (χ0) is 10.1. The van der Waals surface area contributed by atoms with Crippen LogP contribution in [0, 0.1) is 5.92 Å². The lowest BCUT2D eigenvalue weighted by molar-refractivity contribution is 0.0996. The van der Waals surface area contributed by atoms with Gasteiger partial charge in [-0.2, -0.15) is 0 Å². The number of rotatable bonds is 2. The minimum absolute atomic E-state index is 0.0553. The fourth-order valence-electron chi connectivity index (χ4n) is 1.16. The molecule has 0 aromatic carbocycles. The predicted octanol–water partition coefficient (Wildman–Crippen LogP) is 3.84. The molecule has 0 fully saturated rings. The molecule has 0 heterocycles. The monoisotopic (exact) mass is 224 g/mol. The van der Waals surface area contributed by atoms with Crippen LogP contribution < -0.4 is 0 Å². The smallest absolute Gasteiger partial charge is 0.283 e. The van der Waals surface area contributed by atoms with E-state index in [-0.39, 0.29) is 5.92 Å². The van der Waals surface area contributed by atoms with Gasteiger partial charge in [0, 0.05) is 17.2 Å². The second-order valence-corrected chi connectivity index (χ2v) is 5.45. The third-order valence-corrected chi connectivity index (χ3v) is 2.96. The minimum Gasteiger partial charge on any atom is -0.283 e. The summed E-state index contributed by atoms with van der Waals surface area (Å²) in [6.07, 6.45) is 7.03. The molecule has 3 atom stereocenters. The zero-order valence-electron chi connectivity index (χ0n) is 7.41. The number of allylic oxidation sites excluding steroid dienone is 2. The second-order valence-electron chi connectivity index (χ2n) is 3.22. The molecule has 2 nitrogen and oxygen atoms in total. The fourth-order valence-corrected chi connectivity index (χ4v) is 2.29. The predicted molar refractivity (Wildman–Crippen MR) is 51.5 cm³/mol. The molecule has 0 spiro atoms. The SMILES string of the molecule is CC1C=CC=CC1(C)OP(=O)(F)Cl. The van der Waals surface area contributed by atoms with E-state index in [0.717, 1.165) is 0 Å². The van der Waals surface area contributed by atoms with E-state index >= 15 is 0 Å². The summed E-state index contributed by atoms with van der Waals surface area (Å²) >= 11 is 4.93. The van der Waals surface area contributed by atoms with Crippen molar-refractivity contribution in [3.8, 4) is 0 Å². The van der Waals surface area contributed by atoms with E-state index in [1.807, 2.05) is 19.1 Å². The number of halogens is 2. The average Bonchev–Trinajstić information content (AvgIpc) is 1.92. The summed E-state index contributed by atoms with van der Waals surface area (Å²) in [4.78, 5) is 0. The zero-order valence-corrected chi connectivity index (χ0v) is 9.06. The van der Waals surface area contributed by atoms with E-state index in [4.69, 9.17) is 15.8 Å². The lowest BCUT2D eigenvalue weighted by Gasteiger charge is -2.32. The summed E-state index contributed by atoms with van der Waals surface area (Å²) in [5.74, 6) is -0.0553. The van der Waals surface area contributed by atoms with E-state index in [9.17, 15) is 8.76 Å². The van der Waals surface area contributed by atoms with Crippen molar-refractivity contribution < 1.29 is 13.3 Å². The third kappa shape index (κ3) is 2.94. The summed E-state index contributed by atoms with van der Waals surface area (Å²) in [7, 11) is -4.45. The van der Waals surface area contributed by atoms with E-state index in [1.165, 1.54) is 0 Å². The van der Waals surface area contributed by atoms with Crippen molar-refractivity contribution in [1.82, 2.24) is 0 Å². The van der Waals surface area contributed by atoms with Gasteiger partial charge in [0.2, 0.25) is 0 Å². The van der Waals surface area contributed by atoms with E-state index in [2.05, 4.69) is 0 Å². The van der Waals surface area contributed by atoms with Gasteiger partial charge in [-0.25, -0.2) is 4.57 Å². The summed E-state index contributed by atoms with van der Waals surface area (Å²) in [5, 5.41) is 0. The molecule has 74 valence electrons. The first-order valence-corrected chi connectivity index (χ1v) is 6.32. The Kier molecular flexibility index (Phi) is 3.01. The van der Waals surface area contributed by atoms with Gasteiger partial charge in [-0.15, -0.1) is 4.20 Å². The summed E-state index contributed by atoms with van der Waals surface area (Å²) < 4.78 is 28.0. The Bertz CT molecular complexity index is 297. The van der Waals surface area contributed by atoms with Crippen molar-refractivity contribution in [1.29, 1.82) is 0 Å². The van der Waals surface area contributed by atoms with Crippen molar-refractivity contribution in [3.63, 3.8) is 0 Å². The lowest BCUT2D eigenvalue weighted by Crippen LogP contribution is -2.32. The molecule has 0 bridgehead atoms. The molecule has 0 saturated carbocycles. The first-order valence-electron chi connectivity index (χ1n) is 3.90. The molecule has 1 rings (SSSR count). The van der Waals surface area contributed by atoms with Crippen LogP contribution in [0.25, 0.3) is 0 Å². The Morgan fingerprint density at radius 2 is 2.23 bits per heavy atom. The van der Waals surface area contributed by atoms with Gasteiger partial charge in [-0.1, -0.05) is 31.2 Å². The highest BCUT2D eigenvalue weighted by atomic mass is 35.7. The highest BCUT2D eigenvalue weighted by Crippen LogP contribution is 2.58. The maximum atomic E-state index is 12.6. The van der Waals surface area contributed by atoms with Crippen molar-refractivity contribution in [2.75, 3.05) is 0 Å². The van der Waals surface area contributed by atoms with Crippen LogP contribution in [0.3, 0.4) is 0 Å². The van der Waals surface area contributed by atoms with Crippen molar-refractivity contribution in [2.45, 2.75) is 19.4 Å². The Labute approximate surface area is 81.8 Å². The van der Waals surface area contributed by atoms with Gasteiger partial charge in [0.1, 0.15) is 5.60 Å².